The lowest BCUT2D eigenvalue weighted by Crippen LogP contribution is -2.47. The molecule has 5 nitrogen and oxygen atoms in total. The fourth-order valence-electron chi connectivity index (χ4n) is 3.26. The number of rotatable bonds is 4. The minimum Gasteiger partial charge on any atom is -0.353 e. The molecule has 0 spiro atoms. The summed E-state index contributed by atoms with van der Waals surface area (Å²) in [5.74, 6) is 3.04. The van der Waals surface area contributed by atoms with Crippen LogP contribution in [0.4, 0.5) is 5.69 Å². The number of aliphatic imine (C=N–C) groups is 1. The molecule has 2 aromatic rings. The van der Waals surface area contributed by atoms with Crippen LogP contribution in [0.3, 0.4) is 0 Å². The first-order valence-corrected chi connectivity index (χ1v) is 9.08. The fourth-order valence-corrected chi connectivity index (χ4v) is 3.26. The molecule has 1 atom stereocenters. The maximum absolute atomic E-state index is 12.2. The molecule has 0 aliphatic heterocycles. The van der Waals surface area contributed by atoms with E-state index in [1.54, 1.807) is 13.1 Å². The second kappa shape index (κ2) is 10.7. The summed E-state index contributed by atoms with van der Waals surface area (Å²) in [6, 6.07) is 16.1. The van der Waals surface area contributed by atoms with Crippen LogP contribution in [0.25, 0.3) is 0 Å². The van der Waals surface area contributed by atoms with Gasteiger partial charge in [-0.2, -0.15) is 0 Å². The van der Waals surface area contributed by atoms with Gasteiger partial charge in [0.1, 0.15) is 0 Å². The molecule has 28 heavy (non-hydrogen) atoms. The summed E-state index contributed by atoms with van der Waals surface area (Å²) < 4.78 is 0. The molecule has 0 radical (unpaired) electrons. The molecule has 1 unspecified atom stereocenters. The molecule has 6 heteroatoms. The maximum Gasteiger partial charge on any atom is 0.243 e. The molecule has 3 N–H and O–H groups in total. The van der Waals surface area contributed by atoms with Crippen LogP contribution in [0.2, 0.25) is 0 Å². The number of aryl methyl sites for hydroxylation is 1. The Hall–Kier alpha value is -2.53. The Bertz CT molecular complexity index is 888. The van der Waals surface area contributed by atoms with Crippen LogP contribution in [0.5, 0.6) is 0 Å². The number of nitrogens with one attached hydrogen (secondary N) is 3. The van der Waals surface area contributed by atoms with Gasteiger partial charge in [0, 0.05) is 24.3 Å². The minimum atomic E-state index is -0.152. The van der Waals surface area contributed by atoms with Crippen molar-refractivity contribution in [1.82, 2.24) is 10.6 Å². The second-order valence-electron chi connectivity index (χ2n) is 6.55. The summed E-state index contributed by atoms with van der Waals surface area (Å²) >= 11 is 0. The second-order valence-corrected chi connectivity index (χ2v) is 6.55. The zero-order valence-electron chi connectivity index (χ0n) is 15.9. The van der Waals surface area contributed by atoms with Crippen molar-refractivity contribution in [2.75, 3.05) is 18.9 Å². The summed E-state index contributed by atoms with van der Waals surface area (Å²) in [5.41, 5.74) is 4.22. The molecule has 0 fully saturated rings. The monoisotopic (exact) mass is 488 g/mol. The lowest BCUT2D eigenvalue weighted by molar-refractivity contribution is -0.115. The third-order valence-electron chi connectivity index (χ3n) is 4.64. The van der Waals surface area contributed by atoms with Crippen LogP contribution < -0.4 is 16.0 Å². The Kier molecular flexibility index (Phi) is 8.33. The number of benzene rings is 2. The van der Waals surface area contributed by atoms with Crippen LogP contribution in [0.1, 0.15) is 23.1 Å². The van der Waals surface area contributed by atoms with Crippen LogP contribution in [-0.2, 0) is 17.6 Å². The highest BCUT2D eigenvalue weighted by Gasteiger charge is 2.19. The molecule has 1 amide bonds. The topological polar surface area (TPSA) is 65.5 Å². The van der Waals surface area contributed by atoms with Crippen molar-refractivity contribution < 1.29 is 4.79 Å². The van der Waals surface area contributed by atoms with E-state index in [0.29, 0.717) is 17.7 Å². The van der Waals surface area contributed by atoms with Gasteiger partial charge >= 0.3 is 0 Å². The summed E-state index contributed by atoms with van der Waals surface area (Å²) in [6.45, 7) is 0.128. The first kappa shape index (κ1) is 21.8. The van der Waals surface area contributed by atoms with Crippen molar-refractivity contribution in [3.63, 3.8) is 0 Å². The number of halogens is 1. The van der Waals surface area contributed by atoms with E-state index in [1.807, 2.05) is 18.2 Å². The van der Waals surface area contributed by atoms with Crippen LogP contribution in [-0.4, -0.2) is 31.5 Å². The largest absolute Gasteiger partial charge is 0.353 e. The minimum absolute atomic E-state index is 0. The van der Waals surface area contributed by atoms with E-state index in [0.717, 1.165) is 24.8 Å². The number of hydrogen-bond acceptors (Lipinski definition) is 2. The molecule has 1 aliphatic rings. The van der Waals surface area contributed by atoms with Gasteiger partial charge in [-0.15, -0.1) is 30.4 Å². The number of anilines is 1. The number of nitrogens with zero attached hydrogens (tertiary/aromatic N) is 1. The van der Waals surface area contributed by atoms with E-state index in [4.69, 9.17) is 6.42 Å². The van der Waals surface area contributed by atoms with Crippen molar-refractivity contribution in [3.8, 4) is 12.3 Å². The molecule has 1 aliphatic carbocycles. The number of amides is 1. The zero-order valence-corrected chi connectivity index (χ0v) is 18.2. The van der Waals surface area contributed by atoms with E-state index >= 15 is 0 Å². The Labute approximate surface area is 183 Å². The molecule has 3 rings (SSSR count). The quantitative estimate of drug-likeness (QED) is 0.269. The number of carbonyl (C=O) groups is 1. The molecular formula is C22H25IN4O. The number of terminal acetylenes is 1. The summed E-state index contributed by atoms with van der Waals surface area (Å²) in [6.07, 6.45) is 8.44. The van der Waals surface area contributed by atoms with E-state index in [-0.39, 0.29) is 36.4 Å². The van der Waals surface area contributed by atoms with Crippen molar-refractivity contribution in [2.45, 2.75) is 25.3 Å². The molecule has 0 saturated heterocycles. The van der Waals surface area contributed by atoms with Crippen LogP contribution in [0.15, 0.2) is 53.5 Å². The van der Waals surface area contributed by atoms with Gasteiger partial charge in [0.2, 0.25) is 5.91 Å². The fraction of sp³-hybridized carbons (Fsp3) is 0.273. The third-order valence-corrected chi connectivity index (χ3v) is 4.64. The molecule has 0 aromatic heterocycles. The number of guanidine groups is 1. The highest BCUT2D eigenvalue weighted by molar-refractivity contribution is 14.0. The highest BCUT2D eigenvalue weighted by atomic mass is 127. The van der Waals surface area contributed by atoms with Gasteiger partial charge in [-0.3, -0.25) is 9.79 Å². The Morgan fingerprint density at radius 2 is 2.00 bits per heavy atom. The predicted octanol–water partition coefficient (Wildman–Crippen LogP) is 2.95. The average Bonchev–Trinajstić information content (AvgIpc) is 2.71. The molecule has 146 valence electrons. The lowest BCUT2D eigenvalue weighted by Gasteiger charge is -2.27. The van der Waals surface area contributed by atoms with E-state index in [1.165, 1.54) is 11.1 Å². The molecule has 2 aromatic carbocycles. The van der Waals surface area contributed by atoms with E-state index in [9.17, 15) is 4.79 Å². The van der Waals surface area contributed by atoms with Crippen LogP contribution >= 0.6 is 24.0 Å². The van der Waals surface area contributed by atoms with Crippen molar-refractivity contribution in [2.24, 2.45) is 4.99 Å². The van der Waals surface area contributed by atoms with Crippen molar-refractivity contribution >= 4 is 41.5 Å². The zero-order chi connectivity index (χ0) is 19.1. The van der Waals surface area contributed by atoms with Crippen LogP contribution in [0, 0.1) is 12.3 Å². The van der Waals surface area contributed by atoms with Gasteiger partial charge in [-0.1, -0.05) is 36.3 Å². The molecule has 0 saturated carbocycles. The lowest BCUT2D eigenvalue weighted by atomic mass is 9.88. The highest BCUT2D eigenvalue weighted by Crippen LogP contribution is 2.20. The van der Waals surface area contributed by atoms with E-state index < -0.39 is 0 Å². The molecule has 0 bridgehead atoms. The first-order chi connectivity index (χ1) is 13.2. The number of carbonyl (C=O) groups excluding carboxylic acids is 1. The van der Waals surface area contributed by atoms with Gasteiger partial charge < -0.3 is 16.0 Å². The number of hydrogen-bond donors (Lipinski definition) is 3. The Morgan fingerprint density at radius 1 is 1.21 bits per heavy atom. The third kappa shape index (κ3) is 5.99. The molecular weight excluding hydrogens is 463 g/mol. The normalized spacial score (nSPS) is 15.4. The van der Waals surface area contributed by atoms with Gasteiger partial charge in [0.15, 0.2) is 5.96 Å². The van der Waals surface area contributed by atoms with E-state index in [2.05, 4.69) is 51.1 Å². The summed E-state index contributed by atoms with van der Waals surface area (Å²) in [5, 5.41) is 9.33. The molecule has 0 heterocycles. The summed E-state index contributed by atoms with van der Waals surface area (Å²) in [7, 11) is 1.71. The number of fused-ring (bicyclic) bond motifs is 1. The first-order valence-electron chi connectivity index (χ1n) is 9.08. The van der Waals surface area contributed by atoms with Crippen molar-refractivity contribution in [1.29, 1.82) is 0 Å². The smallest absolute Gasteiger partial charge is 0.243 e. The summed E-state index contributed by atoms with van der Waals surface area (Å²) in [4.78, 5) is 16.4. The standard InChI is InChI=1S/C22H24N4O.HI/c1-3-16-7-6-10-19(13-16)25-21(27)15-24-22(23-2)26-20-12-11-17-8-4-5-9-18(17)14-20;/h1,4-10,13,20H,11-12,14-15H2,2H3,(H,25,27)(H2,23,24,26);1H. The van der Waals surface area contributed by atoms with Gasteiger partial charge in [-0.05, 0) is 48.6 Å². The predicted molar refractivity (Wildman–Crippen MR) is 125 cm³/mol. The van der Waals surface area contributed by atoms with Crippen molar-refractivity contribution in [3.05, 3.63) is 65.2 Å². The maximum atomic E-state index is 12.2. The van der Waals surface area contributed by atoms with Gasteiger partial charge in [0.05, 0.1) is 6.54 Å². The Morgan fingerprint density at radius 3 is 2.75 bits per heavy atom. The SMILES string of the molecule is C#Cc1cccc(NC(=O)CNC(=NC)NC2CCc3ccccc3C2)c1.I. The van der Waals surface area contributed by atoms with Gasteiger partial charge in [0.25, 0.3) is 0 Å². The van der Waals surface area contributed by atoms with Gasteiger partial charge in [-0.25, -0.2) is 0 Å². The average molecular weight is 488 g/mol. The Balaban J connectivity index is 0.00000280.